The molecule has 2 atom stereocenters. The standard InChI is InChI=1S/C18H44N2O3Si2/c1-7-9-13-19-15-11-17-24(5,21-3)23-25(6,22-4)18-12-16-20-14-10-8-2/h19-20H,7-18H2,1-6H3. The second kappa shape index (κ2) is 15.3. The maximum Gasteiger partial charge on any atom is 0.325 e. The first-order valence-corrected chi connectivity index (χ1v) is 15.2. The Hall–Kier alpha value is 0.234. The van der Waals surface area contributed by atoms with Gasteiger partial charge in [0.1, 0.15) is 0 Å². The van der Waals surface area contributed by atoms with Gasteiger partial charge in [0.15, 0.2) is 0 Å². The van der Waals surface area contributed by atoms with Crippen molar-refractivity contribution in [1.82, 2.24) is 10.6 Å². The van der Waals surface area contributed by atoms with Crippen LogP contribution in [0, 0.1) is 0 Å². The summed E-state index contributed by atoms with van der Waals surface area (Å²) >= 11 is 0. The van der Waals surface area contributed by atoms with Gasteiger partial charge in [-0.3, -0.25) is 0 Å². The molecule has 0 bridgehead atoms. The predicted molar refractivity (Wildman–Crippen MR) is 113 cm³/mol. The molecule has 0 heterocycles. The Morgan fingerprint density at radius 2 is 1.00 bits per heavy atom. The van der Waals surface area contributed by atoms with Crippen molar-refractivity contribution >= 4 is 17.1 Å². The van der Waals surface area contributed by atoms with Crippen LogP contribution in [-0.4, -0.2) is 57.5 Å². The first kappa shape index (κ1) is 25.2. The Balaban J connectivity index is 4.20. The zero-order valence-corrected chi connectivity index (χ0v) is 19.7. The molecule has 2 N–H and O–H groups in total. The third kappa shape index (κ3) is 13.1. The topological polar surface area (TPSA) is 51.8 Å². The van der Waals surface area contributed by atoms with Gasteiger partial charge in [0.2, 0.25) is 0 Å². The van der Waals surface area contributed by atoms with Crippen molar-refractivity contribution in [2.75, 3.05) is 40.4 Å². The molecule has 0 aliphatic carbocycles. The van der Waals surface area contributed by atoms with E-state index in [-0.39, 0.29) is 0 Å². The van der Waals surface area contributed by atoms with E-state index in [4.69, 9.17) is 13.0 Å². The van der Waals surface area contributed by atoms with Gasteiger partial charge in [-0.1, -0.05) is 26.7 Å². The first-order chi connectivity index (χ1) is 11.9. The van der Waals surface area contributed by atoms with E-state index in [2.05, 4.69) is 37.6 Å². The van der Waals surface area contributed by atoms with Gasteiger partial charge in [-0.15, -0.1) is 0 Å². The molecule has 0 rings (SSSR count). The van der Waals surface area contributed by atoms with Crippen LogP contribution in [0.2, 0.25) is 25.2 Å². The molecule has 0 saturated heterocycles. The van der Waals surface area contributed by atoms with Gasteiger partial charge in [0.25, 0.3) is 0 Å². The van der Waals surface area contributed by atoms with Gasteiger partial charge in [-0.2, -0.15) is 0 Å². The zero-order valence-electron chi connectivity index (χ0n) is 17.7. The lowest BCUT2D eigenvalue weighted by molar-refractivity contribution is 0.238. The Bertz CT molecular complexity index is 286. The fourth-order valence-corrected chi connectivity index (χ4v) is 9.95. The minimum absolute atomic E-state index is 1.02. The molecule has 0 aromatic rings. The molecule has 0 aliphatic rings. The van der Waals surface area contributed by atoms with Crippen LogP contribution in [0.15, 0.2) is 0 Å². The molecule has 152 valence electrons. The fraction of sp³-hybridized carbons (Fsp3) is 1.00. The van der Waals surface area contributed by atoms with Crippen LogP contribution in [0.1, 0.15) is 52.4 Å². The van der Waals surface area contributed by atoms with Crippen LogP contribution >= 0.6 is 0 Å². The normalized spacial score (nSPS) is 16.6. The maximum absolute atomic E-state index is 6.56. The molecule has 7 heteroatoms. The average Bonchev–Trinajstić information content (AvgIpc) is 2.61. The maximum atomic E-state index is 6.56. The zero-order chi connectivity index (χ0) is 19.0. The summed E-state index contributed by atoms with van der Waals surface area (Å²) in [4.78, 5) is 0. The molecule has 0 saturated carbocycles. The Morgan fingerprint density at radius 3 is 1.32 bits per heavy atom. The summed E-state index contributed by atoms with van der Waals surface area (Å²) in [5.74, 6) is 0. The van der Waals surface area contributed by atoms with Gasteiger partial charge in [-0.05, 0) is 77.0 Å². The highest BCUT2D eigenvalue weighted by atomic mass is 28.5. The Morgan fingerprint density at radius 1 is 0.640 bits per heavy atom. The quantitative estimate of drug-likeness (QED) is 0.273. The summed E-state index contributed by atoms with van der Waals surface area (Å²) in [6.45, 7) is 13.1. The highest BCUT2D eigenvalue weighted by Crippen LogP contribution is 2.24. The van der Waals surface area contributed by atoms with Crippen molar-refractivity contribution < 1.29 is 13.0 Å². The number of hydrogen-bond donors (Lipinski definition) is 2. The van der Waals surface area contributed by atoms with E-state index in [1.165, 1.54) is 25.7 Å². The lowest BCUT2D eigenvalue weighted by Crippen LogP contribution is -2.51. The van der Waals surface area contributed by atoms with Crippen LogP contribution < -0.4 is 10.6 Å². The van der Waals surface area contributed by atoms with Crippen LogP contribution in [0.4, 0.5) is 0 Å². The molecule has 0 spiro atoms. The Kier molecular flexibility index (Phi) is 15.5. The number of unbranched alkanes of at least 4 members (excludes halogenated alkanes) is 2. The second-order valence-electron chi connectivity index (χ2n) is 7.19. The molecular weight excluding hydrogens is 348 g/mol. The van der Waals surface area contributed by atoms with Crippen molar-refractivity contribution in [3.63, 3.8) is 0 Å². The van der Waals surface area contributed by atoms with Gasteiger partial charge in [0, 0.05) is 14.2 Å². The second-order valence-corrected chi connectivity index (χ2v) is 14.4. The van der Waals surface area contributed by atoms with Gasteiger partial charge < -0.3 is 23.6 Å². The molecular formula is C18H44N2O3Si2. The van der Waals surface area contributed by atoms with E-state index >= 15 is 0 Å². The minimum atomic E-state index is -2.15. The van der Waals surface area contributed by atoms with E-state index in [0.29, 0.717) is 0 Å². The minimum Gasteiger partial charge on any atom is -0.415 e. The fourth-order valence-electron chi connectivity index (χ4n) is 2.77. The van der Waals surface area contributed by atoms with Gasteiger partial charge >= 0.3 is 17.1 Å². The highest BCUT2D eigenvalue weighted by molar-refractivity contribution is 6.80. The third-order valence-electron chi connectivity index (χ3n) is 4.68. The number of hydrogen-bond acceptors (Lipinski definition) is 5. The van der Waals surface area contributed by atoms with Crippen molar-refractivity contribution in [2.45, 2.75) is 77.6 Å². The summed E-state index contributed by atoms with van der Waals surface area (Å²) < 4.78 is 18.3. The van der Waals surface area contributed by atoms with Gasteiger partial charge in [-0.25, -0.2) is 0 Å². The molecule has 0 amide bonds. The smallest absolute Gasteiger partial charge is 0.325 e. The predicted octanol–water partition coefficient (Wildman–Crippen LogP) is 4.00. The molecule has 2 unspecified atom stereocenters. The lowest BCUT2D eigenvalue weighted by Gasteiger charge is -2.35. The average molecular weight is 393 g/mol. The van der Waals surface area contributed by atoms with E-state index < -0.39 is 17.1 Å². The van der Waals surface area contributed by atoms with Crippen molar-refractivity contribution in [1.29, 1.82) is 0 Å². The monoisotopic (exact) mass is 392 g/mol. The summed E-state index contributed by atoms with van der Waals surface area (Å²) in [7, 11) is -0.708. The summed E-state index contributed by atoms with van der Waals surface area (Å²) in [6.07, 6.45) is 7.18. The summed E-state index contributed by atoms with van der Waals surface area (Å²) in [5.41, 5.74) is 0. The van der Waals surface area contributed by atoms with Crippen LogP contribution in [0.25, 0.3) is 0 Å². The first-order valence-electron chi connectivity index (χ1n) is 10.2. The van der Waals surface area contributed by atoms with E-state index in [9.17, 15) is 0 Å². The summed E-state index contributed by atoms with van der Waals surface area (Å²) in [6, 6.07) is 2.03. The molecule has 0 aromatic heterocycles. The molecule has 0 aliphatic heterocycles. The Labute approximate surface area is 159 Å². The molecule has 25 heavy (non-hydrogen) atoms. The van der Waals surface area contributed by atoms with E-state index in [1.54, 1.807) is 14.2 Å². The summed E-state index contributed by atoms with van der Waals surface area (Å²) in [5, 5.41) is 7.00. The SMILES string of the molecule is CCCCNCCC[Si](C)(OC)O[Si](C)(CCCNCCCC)OC. The van der Waals surface area contributed by atoms with Crippen molar-refractivity contribution in [3.05, 3.63) is 0 Å². The highest BCUT2D eigenvalue weighted by Gasteiger charge is 2.41. The van der Waals surface area contributed by atoms with E-state index in [1.807, 2.05) is 0 Å². The largest absolute Gasteiger partial charge is 0.415 e. The van der Waals surface area contributed by atoms with Crippen LogP contribution in [0.5, 0.6) is 0 Å². The number of nitrogens with one attached hydrogen (secondary N) is 2. The molecule has 0 aromatic carbocycles. The third-order valence-corrected chi connectivity index (χ3v) is 12.4. The van der Waals surface area contributed by atoms with Crippen LogP contribution in [-0.2, 0) is 13.0 Å². The molecule has 0 radical (unpaired) electrons. The van der Waals surface area contributed by atoms with Crippen molar-refractivity contribution in [3.8, 4) is 0 Å². The van der Waals surface area contributed by atoms with Crippen molar-refractivity contribution in [2.24, 2.45) is 0 Å². The number of rotatable bonds is 18. The molecule has 5 nitrogen and oxygen atoms in total. The van der Waals surface area contributed by atoms with Crippen LogP contribution in [0.3, 0.4) is 0 Å². The molecule has 0 fully saturated rings. The van der Waals surface area contributed by atoms with E-state index in [0.717, 1.165) is 51.1 Å². The van der Waals surface area contributed by atoms with Gasteiger partial charge in [0.05, 0.1) is 0 Å². The lowest BCUT2D eigenvalue weighted by atomic mass is 10.3.